The molecule has 0 aromatic rings. The van der Waals surface area contributed by atoms with E-state index in [9.17, 15) is 13.2 Å². The maximum Gasteiger partial charge on any atom is 0.321 e. The van der Waals surface area contributed by atoms with Crippen LogP contribution in [0.1, 0.15) is 19.3 Å². The van der Waals surface area contributed by atoms with Gasteiger partial charge in [0.25, 0.3) is 0 Å². The average molecular weight is 251 g/mol. The number of carboxylic acids is 1. The molecule has 94 valence electrons. The second kappa shape index (κ2) is 5.60. The van der Waals surface area contributed by atoms with Crippen molar-refractivity contribution >= 4 is 16.0 Å². The fourth-order valence-electron chi connectivity index (χ4n) is 1.33. The van der Waals surface area contributed by atoms with Gasteiger partial charge in [0.15, 0.2) is 0 Å². The van der Waals surface area contributed by atoms with Crippen LogP contribution in [0.2, 0.25) is 0 Å². The maximum atomic E-state index is 11.5. The first-order chi connectivity index (χ1) is 7.44. The Morgan fingerprint density at radius 2 is 2.19 bits per heavy atom. The largest absolute Gasteiger partial charge is 0.480 e. The number of carboxylic acid groups (broad SMARTS) is 1. The lowest BCUT2D eigenvalue weighted by Gasteiger charge is -2.13. The molecule has 0 bridgehead atoms. The lowest BCUT2D eigenvalue weighted by Crippen LogP contribution is -2.42. The number of rotatable bonds is 8. The highest BCUT2D eigenvalue weighted by atomic mass is 32.2. The van der Waals surface area contributed by atoms with E-state index in [0.717, 1.165) is 12.8 Å². The first kappa shape index (κ1) is 13.4. The standard InChI is InChI=1S/C9H17NO5S/c1-15-5-4-8(9(11)12)10-16(13,14)6-7-2-3-7/h7-8,10H,2-6H2,1H3,(H,11,12). The van der Waals surface area contributed by atoms with Crippen LogP contribution in [0, 0.1) is 5.92 Å². The van der Waals surface area contributed by atoms with Crippen LogP contribution in [0.4, 0.5) is 0 Å². The lowest BCUT2D eigenvalue weighted by atomic mass is 10.2. The number of ether oxygens (including phenoxy) is 1. The molecule has 0 aromatic carbocycles. The van der Waals surface area contributed by atoms with Gasteiger partial charge in [-0.05, 0) is 25.2 Å². The van der Waals surface area contributed by atoms with Crippen LogP contribution in [0.15, 0.2) is 0 Å². The van der Waals surface area contributed by atoms with Gasteiger partial charge in [-0.25, -0.2) is 13.1 Å². The molecule has 2 N–H and O–H groups in total. The van der Waals surface area contributed by atoms with Crippen molar-refractivity contribution in [3.05, 3.63) is 0 Å². The van der Waals surface area contributed by atoms with Crippen molar-refractivity contribution in [2.75, 3.05) is 19.5 Å². The highest BCUT2D eigenvalue weighted by Gasteiger charge is 2.31. The maximum absolute atomic E-state index is 11.5. The van der Waals surface area contributed by atoms with Crippen molar-refractivity contribution in [2.45, 2.75) is 25.3 Å². The van der Waals surface area contributed by atoms with Gasteiger partial charge in [0.1, 0.15) is 6.04 Å². The van der Waals surface area contributed by atoms with Crippen LogP contribution >= 0.6 is 0 Å². The molecule has 0 saturated heterocycles. The van der Waals surface area contributed by atoms with E-state index in [4.69, 9.17) is 9.84 Å². The summed E-state index contributed by atoms with van der Waals surface area (Å²) in [6, 6.07) is -1.09. The topological polar surface area (TPSA) is 92.7 Å². The Balaban J connectivity index is 2.48. The molecular weight excluding hydrogens is 234 g/mol. The van der Waals surface area contributed by atoms with Crippen LogP contribution in [0.25, 0.3) is 0 Å². The summed E-state index contributed by atoms with van der Waals surface area (Å²) in [7, 11) is -2.04. The molecule has 1 aliphatic rings. The fraction of sp³-hybridized carbons (Fsp3) is 0.889. The van der Waals surface area contributed by atoms with Gasteiger partial charge in [0.2, 0.25) is 10.0 Å². The Hall–Kier alpha value is -0.660. The number of hydrogen-bond donors (Lipinski definition) is 2. The van der Waals surface area contributed by atoms with Gasteiger partial charge < -0.3 is 9.84 Å². The fourth-order valence-corrected chi connectivity index (χ4v) is 3.03. The van der Waals surface area contributed by atoms with Crippen LogP contribution in [0.3, 0.4) is 0 Å². The molecule has 0 aromatic heterocycles. The average Bonchev–Trinajstić information content (AvgIpc) is 2.94. The van der Waals surface area contributed by atoms with Gasteiger partial charge in [-0.3, -0.25) is 4.79 Å². The van der Waals surface area contributed by atoms with E-state index in [2.05, 4.69) is 4.72 Å². The van der Waals surface area contributed by atoms with Gasteiger partial charge in [0, 0.05) is 13.7 Å². The quantitative estimate of drug-likeness (QED) is 0.623. The molecule has 1 fully saturated rings. The number of hydrogen-bond acceptors (Lipinski definition) is 4. The summed E-state index contributed by atoms with van der Waals surface area (Å²) in [5.74, 6) is -0.935. The molecule has 7 heteroatoms. The smallest absolute Gasteiger partial charge is 0.321 e. The summed E-state index contributed by atoms with van der Waals surface area (Å²) in [6.07, 6.45) is 1.96. The van der Waals surface area contributed by atoms with E-state index in [-0.39, 0.29) is 24.7 Å². The molecule has 0 amide bonds. The van der Waals surface area contributed by atoms with Crippen LogP contribution in [-0.2, 0) is 19.6 Å². The molecule has 1 saturated carbocycles. The van der Waals surface area contributed by atoms with E-state index in [1.54, 1.807) is 0 Å². The van der Waals surface area contributed by atoms with Crippen molar-refractivity contribution in [1.29, 1.82) is 0 Å². The third-order valence-electron chi connectivity index (χ3n) is 2.38. The summed E-state index contributed by atoms with van der Waals surface area (Å²) >= 11 is 0. The monoisotopic (exact) mass is 251 g/mol. The van der Waals surface area contributed by atoms with E-state index in [0.29, 0.717) is 0 Å². The van der Waals surface area contributed by atoms with E-state index in [1.165, 1.54) is 7.11 Å². The summed E-state index contributed by atoms with van der Waals surface area (Å²) in [5.41, 5.74) is 0. The second-order valence-corrected chi connectivity index (χ2v) is 5.81. The molecule has 0 aliphatic heterocycles. The molecule has 0 spiro atoms. The summed E-state index contributed by atoms with van der Waals surface area (Å²) in [6.45, 7) is 0.211. The summed E-state index contributed by atoms with van der Waals surface area (Å²) in [5, 5.41) is 8.83. The number of nitrogens with one attached hydrogen (secondary N) is 1. The van der Waals surface area contributed by atoms with Crippen molar-refractivity contribution < 1.29 is 23.1 Å². The van der Waals surface area contributed by atoms with Crippen molar-refractivity contribution in [3.8, 4) is 0 Å². The van der Waals surface area contributed by atoms with E-state index in [1.807, 2.05) is 0 Å². The highest BCUT2D eigenvalue weighted by Crippen LogP contribution is 2.30. The SMILES string of the molecule is COCCC(NS(=O)(=O)CC1CC1)C(=O)O. The number of aliphatic carboxylic acids is 1. The predicted octanol–water partition coefficient (Wildman–Crippen LogP) is -0.194. The Kier molecular flexibility index (Phi) is 4.69. The lowest BCUT2D eigenvalue weighted by molar-refractivity contribution is -0.139. The minimum Gasteiger partial charge on any atom is -0.480 e. The zero-order valence-electron chi connectivity index (χ0n) is 9.18. The highest BCUT2D eigenvalue weighted by molar-refractivity contribution is 7.89. The Morgan fingerprint density at radius 3 is 2.62 bits per heavy atom. The van der Waals surface area contributed by atoms with Gasteiger partial charge in [-0.2, -0.15) is 0 Å². The molecule has 1 atom stereocenters. The number of sulfonamides is 1. The first-order valence-electron chi connectivity index (χ1n) is 5.16. The second-order valence-electron chi connectivity index (χ2n) is 4.01. The third-order valence-corrected chi connectivity index (χ3v) is 3.94. The van der Waals surface area contributed by atoms with Crippen molar-refractivity contribution in [1.82, 2.24) is 4.72 Å². The van der Waals surface area contributed by atoms with Crippen molar-refractivity contribution in [2.24, 2.45) is 5.92 Å². The first-order valence-corrected chi connectivity index (χ1v) is 6.81. The van der Waals surface area contributed by atoms with Crippen LogP contribution in [-0.4, -0.2) is 45.0 Å². The Bertz CT molecular complexity index is 336. The van der Waals surface area contributed by atoms with Crippen LogP contribution in [0.5, 0.6) is 0 Å². The summed E-state index contributed by atoms with van der Waals surface area (Å²) in [4.78, 5) is 10.8. The van der Waals surface area contributed by atoms with Crippen molar-refractivity contribution in [3.63, 3.8) is 0 Å². The minimum atomic E-state index is -3.48. The zero-order chi connectivity index (χ0) is 12.2. The van der Waals surface area contributed by atoms with Gasteiger partial charge >= 0.3 is 5.97 Å². The molecule has 6 nitrogen and oxygen atoms in total. The molecule has 0 heterocycles. The van der Waals surface area contributed by atoms with E-state index < -0.39 is 22.0 Å². The molecule has 0 radical (unpaired) electrons. The van der Waals surface area contributed by atoms with Gasteiger partial charge in [-0.1, -0.05) is 0 Å². The molecule has 16 heavy (non-hydrogen) atoms. The number of methoxy groups -OCH3 is 1. The zero-order valence-corrected chi connectivity index (χ0v) is 10.00. The minimum absolute atomic E-state index is 0.0315. The Labute approximate surface area is 95.0 Å². The third kappa shape index (κ3) is 4.91. The normalized spacial score (nSPS) is 18.3. The van der Waals surface area contributed by atoms with Gasteiger partial charge in [0.05, 0.1) is 5.75 Å². The molecule has 1 aliphatic carbocycles. The Morgan fingerprint density at radius 1 is 1.56 bits per heavy atom. The van der Waals surface area contributed by atoms with Gasteiger partial charge in [-0.15, -0.1) is 0 Å². The molecule has 1 rings (SSSR count). The molecular formula is C9H17NO5S. The number of carbonyl (C=O) groups is 1. The van der Waals surface area contributed by atoms with Crippen LogP contribution < -0.4 is 4.72 Å². The van der Waals surface area contributed by atoms with E-state index >= 15 is 0 Å². The molecule has 1 unspecified atom stereocenters. The predicted molar refractivity (Wildman–Crippen MR) is 57.6 cm³/mol. The summed E-state index contributed by atoms with van der Waals surface area (Å²) < 4.78 is 30.0.